The minimum atomic E-state index is -0.0856. The van der Waals surface area contributed by atoms with Gasteiger partial charge in [0.25, 0.3) is 0 Å². The number of fused-ring (bicyclic) bond motifs is 1. The molecule has 0 fully saturated rings. The fourth-order valence-corrected chi connectivity index (χ4v) is 2.47. The van der Waals surface area contributed by atoms with Gasteiger partial charge >= 0.3 is 0 Å². The molecular formula is C15H22N2O2. The van der Waals surface area contributed by atoms with Gasteiger partial charge in [0.2, 0.25) is 0 Å². The van der Waals surface area contributed by atoms with Crippen LogP contribution in [0, 0.1) is 0 Å². The highest BCUT2D eigenvalue weighted by atomic mass is 16.5. The molecule has 0 radical (unpaired) electrons. The van der Waals surface area contributed by atoms with Crippen LogP contribution < -0.4 is 10.1 Å². The summed E-state index contributed by atoms with van der Waals surface area (Å²) in [6, 6.07) is 5.55. The predicted octanol–water partition coefficient (Wildman–Crippen LogP) is 2.40. The van der Waals surface area contributed by atoms with Gasteiger partial charge in [0.05, 0.1) is 11.7 Å². The number of hydrogen-bond donors (Lipinski definition) is 1. The molecule has 2 rings (SSSR count). The zero-order chi connectivity index (χ0) is 13.8. The number of ketones is 1. The molecule has 0 aromatic heterocycles. The summed E-state index contributed by atoms with van der Waals surface area (Å²) in [6.45, 7) is 9.36. The van der Waals surface area contributed by atoms with Crippen molar-refractivity contribution in [2.75, 3.05) is 31.6 Å². The molecule has 104 valence electrons. The number of benzene rings is 1. The molecule has 0 spiro atoms. The molecule has 0 saturated carbocycles. The largest absolute Gasteiger partial charge is 0.490 e. The van der Waals surface area contributed by atoms with E-state index in [-0.39, 0.29) is 11.8 Å². The fourth-order valence-electron chi connectivity index (χ4n) is 2.47. The molecule has 4 nitrogen and oxygen atoms in total. The first kappa shape index (κ1) is 13.9. The first-order valence-electron chi connectivity index (χ1n) is 6.96. The average molecular weight is 262 g/mol. The van der Waals surface area contributed by atoms with E-state index in [0.717, 1.165) is 36.6 Å². The summed E-state index contributed by atoms with van der Waals surface area (Å²) in [5.74, 6) is 0.997. The second-order valence-electron chi connectivity index (χ2n) is 4.75. The van der Waals surface area contributed by atoms with Gasteiger partial charge in [0.1, 0.15) is 12.4 Å². The van der Waals surface area contributed by atoms with Gasteiger partial charge in [-0.1, -0.05) is 13.8 Å². The summed E-state index contributed by atoms with van der Waals surface area (Å²) < 4.78 is 5.52. The standard InChI is InChI=1S/C15H22N2O2/c1-4-17(5-2)11(3)15(18)12-6-7-14-13(10-12)16-8-9-19-14/h6-7,10-11,16H,4-5,8-9H2,1-3H3. The Morgan fingerprint density at radius 3 is 2.84 bits per heavy atom. The van der Waals surface area contributed by atoms with Gasteiger partial charge in [-0.25, -0.2) is 0 Å². The van der Waals surface area contributed by atoms with E-state index in [1.165, 1.54) is 0 Å². The lowest BCUT2D eigenvalue weighted by Crippen LogP contribution is -2.38. The van der Waals surface area contributed by atoms with Crippen LogP contribution in [0.4, 0.5) is 5.69 Å². The van der Waals surface area contributed by atoms with Crippen molar-refractivity contribution in [3.63, 3.8) is 0 Å². The second-order valence-corrected chi connectivity index (χ2v) is 4.75. The Hall–Kier alpha value is -1.55. The molecule has 0 bridgehead atoms. The first-order chi connectivity index (χ1) is 9.17. The van der Waals surface area contributed by atoms with Crippen LogP contribution in [0.5, 0.6) is 5.75 Å². The monoisotopic (exact) mass is 262 g/mol. The Kier molecular flexibility index (Phi) is 4.43. The van der Waals surface area contributed by atoms with Crippen molar-refractivity contribution in [2.45, 2.75) is 26.8 Å². The number of anilines is 1. The van der Waals surface area contributed by atoms with Crippen LogP contribution in [0.15, 0.2) is 18.2 Å². The molecule has 0 amide bonds. The number of likely N-dealkylation sites (N-methyl/N-ethyl adjacent to an activating group) is 1. The molecule has 1 N–H and O–H groups in total. The van der Waals surface area contributed by atoms with E-state index in [9.17, 15) is 4.79 Å². The lowest BCUT2D eigenvalue weighted by molar-refractivity contribution is 0.0851. The Labute approximate surface area is 114 Å². The number of nitrogens with one attached hydrogen (secondary N) is 1. The minimum absolute atomic E-state index is 0.0856. The second kappa shape index (κ2) is 6.06. The van der Waals surface area contributed by atoms with Crippen molar-refractivity contribution < 1.29 is 9.53 Å². The number of Topliss-reactive ketones (excluding diaryl/α,β-unsaturated/α-hetero) is 1. The van der Waals surface area contributed by atoms with E-state index in [1.807, 2.05) is 25.1 Å². The van der Waals surface area contributed by atoms with Crippen LogP contribution in [0.25, 0.3) is 0 Å². The first-order valence-corrected chi connectivity index (χ1v) is 6.96. The summed E-state index contributed by atoms with van der Waals surface area (Å²) in [6.07, 6.45) is 0. The number of hydrogen-bond acceptors (Lipinski definition) is 4. The molecule has 0 saturated heterocycles. The van der Waals surface area contributed by atoms with E-state index < -0.39 is 0 Å². The molecule has 1 aliphatic heterocycles. The van der Waals surface area contributed by atoms with E-state index in [4.69, 9.17) is 4.74 Å². The number of rotatable bonds is 5. The lowest BCUT2D eigenvalue weighted by Gasteiger charge is -2.26. The van der Waals surface area contributed by atoms with E-state index in [1.54, 1.807) is 0 Å². The van der Waals surface area contributed by atoms with Gasteiger partial charge in [0.15, 0.2) is 5.78 Å². The maximum absolute atomic E-state index is 12.5. The van der Waals surface area contributed by atoms with Crippen LogP contribution in [0.2, 0.25) is 0 Å². The smallest absolute Gasteiger partial charge is 0.179 e. The molecule has 0 aliphatic carbocycles. The molecule has 1 aromatic carbocycles. The van der Waals surface area contributed by atoms with Gasteiger partial charge < -0.3 is 10.1 Å². The minimum Gasteiger partial charge on any atom is -0.490 e. The molecule has 1 aliphatic rings. The SMILES string of the molecule is CCN(CC)C(C)C(=O)c1ccc2c(c1)NCCO2. The van der Waals surface area contributed by atoms with Gasteiger partial charge in [-0.3, -0.25) is 9.69 Å². The molecule has 19 heavy (non-hydrogen) atoms. The zero-order valence-corrected chi connectivity index (χ0v) is 11.9. The molecule has 4 heteroatoms. The number of carbonyl (C=O) groups excluding carboxylic acids is 1. The summed E-state index contributed by atoms with van der Waals surface area (Å²) in [7, 11) is 0. The van der Waals surface area contributed by atoms with Crippen LogP contribution in [0.1, 0.15) is 31.1 Å². The van der Waals surface area contributed by atoms with Crippen molar-refractivity contribution in [1.29, 1.82) is 0 Å². The van der Waals surface area contributed by atoms with Gasteiger partial charge in [-0.2, -0.15) is 0 Å². The van der Waals surface area contributed by atoms with Crippen LogP contribution in [0.3, 0.4) is 0 Å². The average Bonchev–Trinajstić information content (AvgIpc) is 2.47. The topological polar surface area (TPSA) is 41.6 Å². The summed E-state index contributed by atoms with van der Waals surface area (Å²) in [4.78, 5) is 14.6. The summed E-state index contributed by atoms with van der Waals surface area (Å²) in [5, 5.41) is 3.26. The van der Waals surface area contributed by atoms with Crippen molar-refractivity contribution in [3.05, 3.63) is 23.8 Å². The number of nitrogens with zero attached hydrogens (tertiary/aromatic N) is 1. The Bertz CT molecular complexity index is 455. The highest BCUT2D eigenvalue weighted by molar-refractivity contribution is 6.01. The maximum Gasteiger partial charge on any atom is 0.179 e. The van der Waals surface area contributed by atoms with E-state index in [0.29, 0.717) is 6.61 Å². The highest BCUT2D eigenvalue weighted by Crippen LogP contribution is 2.28. The van der Waals surface area contributed by atoms with Crippen LogP contribution in [-0.4, -0.2) is 43.0 Å². The van der Waals surface area contributed by atoms with Crippen LogP contribution in [-0.2, 0) is 0 Å². The van der Waals surface area contributed by atoms with Gasteiger partial charge in [0, 0.05) is 12.1 Å². The van der Waals surface area contributed by atoms with E-state index >= 15 is 0 Å². The quantitative estimate of drug-likeness (QED) is 0.827. The third-order valence-corrected chi connectivity index (χ3v) is 3.68. The summed E-state index contributed by atoms with van der Waals surface area (Å²) >= 11 is 0. The number of ether oxygens (including phenoxy) is 1. The third-order valence-electron chi connectivity index (χ3n) is 3.68. The molecular weight excluding hydrogens is 240 g/mol. The van der Waals surface area contributed by atoms with Gasteiger partial charge in [-0.15, -0.1) is 0 Å². The van der Waals surface area contributed by atoms with Crippen LogP contribution >= 0.6 is 0 Å². The molecule has 1 unspecified atom stereocenters. The normalized spacial score (nSPS) is 15.4. The van der Waals surface area contributed by atoms with Crippen molar-refractivity contribution in [1.82, 2.24) is 4.90 Å². The van der Waals surface area contributed by atoms with Crippen molar-refractivity contribution in [3.8, 4) is 5.75 Å². The third kappa shape index (κ3) is 2.89. The molecule has 1 aromatic rings. The Morgan fingerprint density at radius 2 is 2.16 bits per heavy atom. The van der Waals surface area contributed by atoms with Crippen molar-refractivity contribution in [2.24, 2.45) is 0 Å². The van der Waals surface area contributed by atoms with Gasteiger partial charge in [-0.05, 0) is 38.2 Å². The number of carbonyl (C=O) groups is 1. The molecule has 1 heterocycles. The zero-order valence-electron chi connectivity index (χ0n) is 11.9. The molecule has 1 atom stereocenters. The predicted molar refractivity (Wildman–Crippen MR) is 77.1 cm³/mol. The Morgan fingerprint density at radius 1 is 1.42 bits per heavy atom. The highest BCUT2D eigenvalue weighted by Gasteiger charge is 2.21. The summed E-state index contributed by atoms with van der Waals surface area (Å²) in [5.41, 5.74) is 1.67. The van der Waals surface area contributed by atoms with E-state index in [2.05, 4.69) is 24.1 Å². The lowest BCUT2D eigenvalue weighted by atomic mass is 10.0. The van der Waals surface area contributed by atoms with Crippen molar-refractivity contribution >= 4 is 11.5 Å². The fraction of sp³-hybridized carbons (Fsp3) is 0.533. The Balaban J connectivity index is 2.19. The maximum atomic E-state index is 12.5.